The quantitative estimate of drug-likeness (QED) is 0.101. The predicted octanol–water partition coefficient (Wildman–Crippen LogP) is 8.71. The van der Waals surface area contributed by atoms with E-state index in [1.807, 2.05) is 46.5 Å². The Morgan fingerprint density at radius 1 is 0.909 bits per heavy atom. The number of carbonyl (C=O) groups is 3. The van der Waals surface area contributed by atoms with Gasteiger partial charge in [-0.15, -0.1) is 23.1 Å². The third-order valence-corrected chi connectivity index (χ3v) is 9.44. The highest BCUT2D eigenvalue weighted by Gasteiger charge is 2.18. The summed E-state index contributed by atoms with van der Waals surface area (Å²) in [4.78, 5) is 44.2. The molecule has 0 fully saturated rings. The second-order valence-electron chi connectivity index (χ2n) is 9.33. The van der Waals surface area contributed by atoms with Crippen LogP contribution >= 0.6 is 57.6 Å². The molecule has 0 saturated carbocycles. The fourth-order valence-electron chi connectivity index (χ4n) is 3.87. The number of aromatic nitrogens is 1. The second kappa shape index (κ2) is 14.7. The molecule has 2 aromatic heterocycles. The van der Waals surface area contributed by atoms with Crippen molar-refractivity contribution in [2.75, 3.05) is 10.6 Å². The molecule has 0 aliphatic heterocycles. The molecule has 3 amide bonds. The molecule has 222 valence electrons. The normalized spacial score (nSPS) is 11.9. The molecule has 0 bridgehead atoms. The van der Waals surface area contributed by atoms with E-state index in [1.54, 1.807) is 61.5 Å². The van der Waals surface area contributed by atoms with Crippen LogP contribution in [-0.2, 0) is 9.59 Å². The van der Waals surface area contributed by atoms with Crippen molar-refractivity contribution in [3.63, 3.8) is 0 Å². The Labute approximate surface area is 276 Å². The first kappa shape index (κ1) is 31.5. The Morgan fingerprint density at radius 3 is 2.39 bits per heavy atom. The van der Waals surface area contributed by atoms with Gasteiger partial charge in [-0.05, 0) is 83.9 Å². The number of hydrogen-bond acceptors (Lipinski definition) is 7. The lowest BCUT2D eigenvalue weighted by Crippen LogP contribution is -2.30. The summed E-state index contributed by atoms with van der Waals surface area (Å²) >= 11 is 16.3. The lowest BCUT2D eigenvalue weighted by molar-refractivity contribution is -0.115. The van der Waals surface area contributed by atoms with Crippen molar-refractivity contribution >= 4 is 92.3 Å². The Bertz CT molecular complexity index is 1810. The highest BCUT2D eigenvalue weighted by Crippen LogP contribution is 2.31. The molecule has 0 spiro atoms. The van der Waals surface area contributed by atoms with Gasteiger partial charge in [-0.1, -0.05) is 47.5 Å². The van der Waals surface area contributed by atoms with Crippen molar-refractivity contribution in [3.8, 4) is 11.3 Å². The maximum atomic E-state index is 13.2. The number of anilines is 2. The summed E-state index contributed by atoms with van der Waals surface area (Å²) in [5, 5.41) is 15.0. The molecule has 0 saturated heterocycles. The van der Waals surface area contributed by atoms with Crippen molar-refractivity contribution < 1.29 is 14.4 Å². The number of carbonyl (C=O) groups excluding carboxylic acids is 3. The molecule has 1 atom stereocenters. The lowest BCUT2D eigenvalue weighted by Gasteiger charge is -2.13. The van der Waals surface area contributed by atoms with Crippen LogP contribution in [0.5, 0.6) is 0 Å². The first-order valence-electron chi connectivity index (χ1n) is 13.2. The SMILES string of the molecule is CC(Sc1ccc(NC(=O)/C(=C/c2ccsc2)NC(=O)c2ccccc2)cc1)C(=O)Nc1nc(-c2ccc(Cl)c(Cl)c2)cs1. The summed E-state index contributed by atoms with van der Waals surface area (Å²) in [5.74, 6) is -1.04. The third kappa shape index (κ3) is 8.37. The number of thioether (sulfide) groups is 1. The number of rotatable bonds is 10. The fourth-order valence-corrected chi connectivity index (χ4v) is 6.37. The van der Waals surface area contributed by atoms with Crippen LogP contribution in [0.25, 0.3) is 17.3 Å². The second-order valence-corrected chi connectivity index (χ2v) is 13.2. The summed E-state index contributed by atoms with van der Waals surface area (Å²) in [6.07, 6.45) is 1.63. The Kier molecular flexibility index (Phi) is 10.5. The average Bonchev–Trinajstić information content (AvgIpc) is 3.72. The van der Waals surface area contributed by atoms with Crippen LogP contribution in [0.3, 0.4) is 0 Å². The van der Waals surface area contributed by atoms with E-state index in [-0.39, 0.29) is 17.5 Å². The van der Waals surface area contributed by atoms with Gasteiger partial charge in [0.15, 0.2) is 5.13 Å². The van der Waals surface area contributed by atoms with E-state index >= 15 is 0 Å². The van der Waals surface area contributed by atoms with Gasteiger partial charge in [0.2, 0.25) is 5.91 Å². The molecule has 7 nitrogen and oxygen atoms in total. The number of amides is 3. The van der Waals surface area contributed by atoms with Gasteiger partial charge in [0.05, 0.1) is 21.0 Å². The topological polar surface area (TPSA) is 100 Å². The third-order valence-electron chi connectivity index (χ3n) is 6.13. The molecule has 0 radical (unpaired) electrons. The number of hydrogen-bond donors (Lipinski definition) is 3. The molecule has 44 heavy (non-hydrogen) atoms. The lowest BCUT2D eigenvalue weighted by atomic mass is 10.2. The highest BCUT2D eigenvalue weighted by molar-refractivity contribution is 8.00. The van der Waals surface area contributed by atoms with Gasteiger partial charge in [0, 0.05) is 27.1 Å². The minimum absolute atomic E-state index is 0.116. The van der Waals surface area contributed by atoms with Crippen LogP contribution in [0.2, 0.25) is 10.0 Å². The zero-order valence-electron chi connectivity index (χ0n) is 23.0. The summed E-state index contributed by atoms with van der Waals surface area (Å²) < 4.78 is 0. The molecule has 3 aromatic carbocycles. The monoisotopic (exact) mass is 678 g/mol. The molecule has 1 unspecified atom stereocenters. The van der Waals surface area contributed by atoms with Crippen molar-refractivity contribution in [2.45, 2.75) is 17.1 Å². The smallest absolute Gasteiger partial charge is 0.272 e. The maximum absolute atomic E-state index is 13.2. The summed E-state index contributed by atoms with van der Waals surface area (Å²) in [6.45, 7) is 1.81. The van der Waals surface area contributed by atoms with Gasteiger partial charge >= 0.3 is 0 Å². The van der Waals surface area contributed by atoms with E-state index in [1.165, 1.54) is 34.4 Å². The highest BCUT2D eigenvalue weighted by atomic mass is 35.5. The van der Waals surface area contributed by atoms with Gasteiger partial charge in [0.1, 0.15) is 5.70 Å². The summed E-state index contributed by atoms with van der Waals surface area (Å²) in [6, 6.07) is 22.9. The van der Waals surface area contributed by atoms with Crippen molar-refractivity contribution in [1.29, 1.82) is 0 Å². The molecule has 2 heterocycles. The van der Waals surface area contributed by atoms with Crippen molar-refractivity contribution in [1.82, 2.24) is 10.3 Å². The Hall–Kier alpha value is -3.93. The molecule has 5 aromatic rings. The first-order valence-corrected chi connectivity index (χ1v) is 16.6. The minimum Gasteiger partial charge on any atom is -0.321 e. The predicted molar refractivity (Wildman–Crippen MR) is 183 cm³/mol. The van der Waals surface area contributed by atoms with Crippen LogP contribution < -0.4 is 16.0 Å². The number of benzene rings is 3. The van der Waals surface area contributed by atoms with Crippen molar-refractivity contribution in [2.24, 2.45) is 0 Å². The molecule has 0 aliphatic rings. The number of halogens is 2. The zero-order valence-corrected chi connectivity index (χ0v) is 27.0. The summed E-state index contributed by atoms with van der Waals surface area (Å²) in [7, 11) is 0. The van der Waals surface area contributed by atoms with Crippen molar-refractivity contribution in [3.05, 3.63) is 122 Å². The molecule has 12 heteroatoms. The standard InChI is InChI=1S/C32H24Cl2N4O3S3/c1-19(29(39)38-32-37-28(18-43-32)22-7-12-25(33)26(34)16-22)44-24-10-8-23(9-11-24)35-31(41)27(15-20-13-14-42-17-20)36-30(40)21-5-3-2-4-6-21/h2-19H,1H3,(H,35,41)(H,36,40)(H,37,38,39)/b27-15-. The van der Waals surface area contributed by atoms with E-state index in [0.717, 1.165) is 16.0 Å². The van der Waals surface area contributed by atoms with Gasteiger partial charge in [0.25, 0.3) is 11.8 Å². The summed E-state index contributed by atoms with van der Waals surface area (Å²) in [5.41, 5.74) is 3.40. The molecule has 3 N–H and O–H groups in total. The molecular weight excluding hydrogens is 655 g/mol. The fraction of sp³-hybridized carbons (Fsp3) is 0.0625. The maximum Gasteiger partial charge on any atom is 0.272 e. The van der Waals surface area contributed by atoms with Crippen LogP contribution in [0.15, 0.2) is 106 Å². The van der Waals surface area contributed by atoms with E-state index in [9.17, 15) is 14.4 Å². The Balaban J connectivity index is 1.18. The zero-order chi connectivity index (χ0) is 31.1. The first-order chi connectivity index (χ1) is 21.2. The van der Waals surface area contributed by atoms with Gasteiger partial charge in [-0.2, -0.15) is 11.3 Å². The largest absolute Gasteiger partial charge is 0.321 e. The van der Waals surface area contributed by atoms with Crippen LogP contribution in [0.1, 0.15) is 22.8 Å². The van der Waals surface area contributed by atoms with Crippen LogP contribution in [0.4, 0.5) is 10.8 Å². The average molecular weight is 680 g/mol. The number of nitrogens with zero attached hydrogens (tertiary/aromatic N) is 1. The van der Waals surface area contributed by atoms with E-state index in [2.05, 4.69) is 20.9 Å². The molecule has 5 rings (SSSR count). The van der Waals surface area contributed by atoms with Gasteiger partial charge in [-0.3, -0.25) is 14.4 Å². The Morgan fingerprint density at radius 2 is 1.68 bits per heavy atom. The van der Waals surface area contributed by atoms with Gasteiger partial charge in [-0.25, -0.2) is 4.98 Å². The van der Waals surface area contributed by atoms with Gasteiger partial charge < -0.3 is 16.0 Å². The van der Waals surface area contributed by atoms with Crippen LogP contribution in [-0.4, -0.2) is 28.0 Å². The van der Waals surface area contributed by atoms with E-state index in [4.69, 9.17) is 23.2 Å². The van der Waals surface area contributed by atoms with E-state index in [0.29, 0.717) is 32.1 Å². The molecule has 0 aliphatic carbocycles. The number of thiazole rings is 1. The number of nitrogens with one attached hydrogen (secondary N) is 3. The minimum atomic E-state index is -0.461. The van der Waals surface area contributed by atoms with Crippen LogP contribution in [0, 0.1) is 0 Å². The number of thiophene rings is 1. The molecular formula is C32H24Cl2N4O3S3. The van der Waals surface area contributed by atoms with E-state index < -0.39 is 11.2 Å².